The average molecular weight is 368 g/mol. The summed E-state index contributed by atoms with van der Waals surface area (Å²) in [6.45, 7) is 1.87. The molecule has 6 heteroatoms. The third kappa shape index (κ3) is 3.26. The van der Waals surface area contributed by atoms with E-state index in [2.05, 4.69) is 0 Å². The summed E-state index contributed by atoms with van der Waals surface area (Å²) in [5.41, 5.74) is -0.475. The lowest BCUT2D eigenvalue weighted by Crippen LogP contribution is -2.15. The Morgan fingerprint density at radius 1 is 0.852 bits per heavy atom. The molecule has 0 heterocycles. The van der Waals surface area contributed by atoms with Crippen molar-refractivity contribution in [1.29, 1.82) is 0 Å². The number of esters is 1. The van der Waals surface area contributed by atoms with Crippen LogP contribution in [0.4, 0.5) is 0 Å². The smallest absolute Gasteiger partial charge is 0.342 e. The van der Waals surface area contributed by atoms with Gasteiger partial charge in [-0.1, -0.05) is 6.07 Å². The molecule has 0 radical (unpaired) electrons. The molecule has 0 bridgehead atoms. The maximum Gasteiger partial charge on any atom is 0.342 e. The van der Waals surface area contributed by atoms with E-state index in [9.17, 15) is 9.59 Å². The van der Waals surface area contributed by atoms with Crippen LogP contribution in [0.1, 0.15) is 17.3 Å². The van der Waals surface area contributed by atoms with E-state index in [1.165, 1.54) is 20.3 Å². The standard InChI is InChI=1S/C21H20O6/c1-5-27-21(23)17-9-12-8-13(24-2)6-7-14(12)15-10-18(25-3)19(26-4)11-16(15)20(17)22/h6-11H,5H2,1-4H3. The normalized spacial score (nSPS) is 10.7. The molecule has 0 aromatic heterocycles. The van der Waals surface area contributed by atoms with Gasteiger partial charge in [0.25, 0.3) is 0 Å². The summed E-state index contributed by atoms with van der Waals surface area (Å²) in [6, 6.07) is 10.3. The van der Waals surface area contributed by atoms with Gasteiger partial charge in [0.05, 0.1) is 27.9 Å². The number of ether oxygens (including phenoxy) is 4. The molecule has 0 unspecified atom stereocenters. The monoisotopic (exact) mass is 368 g/mol. The second-order valence-electron chi connectivity index (χ2n) is 5.81. The van der Waals surface area contributed by atoms with Gasteiger partial charge in [0.15, 0.2) is 11.5 Å². The van der Waals surface area contributed by atoms with Crippen LogP contribution in [0.25, 0.3) is 21.5 Å². The van der Waals surface area contributed by atoms with Gasteiger partial charge in [-0.3, -0.25) is 4.79 Å². The van der Waals surface area contributed by atoms with Gasteiger partial charge < -0.3 is 18.9 Å². The van der Waals surface area contributed by atoms with E-state index in [-0.39, 0.29) is 12.2 Å². The first-order chi connectivity index (χ1) is 13.0. The third-order valence-corrected chi connectivity index (χ3v) is 4.36. The van der Waals surface area contributed by atoms with E-state index < -0.39 is 11.4 Å². The number of carbonyl (C=O) groups excluding carboxylic acids is 1. The Morgan fingerprint density at radius 2 is 1.52 bits per heavy atom. The van der Waals surface area contributed by atoms with Gasteiger partial charge in [-0.25, -0.2) is 4.79 Å². The summed E-state index contributed by atoms with van der Waals surface area (Å²) in [7, 11) is 4.58. The molecular formula is C21H20O6. The second-order valence-corrected chi connectivity index (χ2v) is 5.81. The van der Waals surface area contributed by atoms with E-state index in [4.69, 9.17) is 18.9 Å². The number of hydrogen-bond donors (Lipinski definition) is 0. The van der Waals surface area contributed by atoms with Crippen molar-refractivity contribution >= 4 is 27.5 Å². The summed E-state index contributed by atoms with van der Waals surface area (Å²) >= 11 is 0. The number of fused-ring (bicyclic) bond motifs is 3. The quantitative estimate of drug-likeness (QED) is 0.642. The largest absolute Gasteiger partial charge is 0.497 e. The maximum atomic E-state index is 13.1. The van der Waals surface area contributed by atoms with E-state index in [0.29, 0.717) is 33.4 Å². The highest BCUT2D eigenvalue weighted by atomic mass is 16.5. The molecule has 3 aromatic carbocycles. The van der Waals surface area contributed by atoms with Crippen LogP contribution in [0.2, 0.25) is 0 Å². The van der Waals surface area contributed by atoms with Crippen molar-refractivity contribution < 1.29 is 23.7 Å². The van der Waals surface area contributed by atoms with Crippen molar-refractivity contribution in [3.63, 3.8) is 0 Å². The van der Waals surface area contributed by atoms with Gasteiger partial charge in [0, 0.05) is 5.39 Å². The summed E-state index contributed by atoms with van der Waals surface area (Å²) in [6.07, 6.45) is 0. The van der Waals surface area contributed by atoms with Crippen molar-refractivity contribution in [3.8, 4) is 17.2 Å². The van der Waals surface area contributed by atoms with Gasteiger partial charge in [-0.15, -0.1) is 0 Å². The minimum Gasteiger partial charge on any atom is -0.497 e. The first kappa shape index (κ1) is 18.5. The lowest BCUT2D eigenvalue weighted by atomic mass is 10.1. The zero-order valence-corrected chi connectivity index (χ0v) is 15.6. The highest BCUT2D eigenvalue weighted by molar-refractivity contribution is 6.10. The van der Waals surface area contributed by atoms with Gasteiger partial charge in [-0.05, 0) is 53.4 Å². The zero-order chi connectivity index (χ0) is 19.6. The maximum absolute atomic E-state index is 13.1. The van der Waals surface area contributed by atoms with E-state index in [1.54, 1.807) is 38.3 Å². The fraction of sp³-hybridized carbons (Fsp3) is 0.238. The number of carbonyl (C=O) groups is 1. The molecule has 0 amide bonds. The molecule has 0 aliphatic rings. The fourth-order valence-corrected chi connectivity index (χ4v) is 3.05. The molecule has 0 N–H and O–H groups in total. The predicted molar refractivity (Wildman–Crippen MR) is 103 cm³/mol. The molecule has 0 atom stereocenters. The van der Waals surface area contributed by atoms with Crippen molar-refractivity contribution in [2.45, 2.75) is 6.92 Å². The predicted octanol–water partition coefficient (Wildman–Crippen LogP) is 3.56. The van der Waals surface area contributed by atoms with Gasteiger partial charge >= 0.3 is 5.97 Å². The zero-order valence-electron chi connectivity index (χ0n) is 15.6. The Labute approximate surface area is 156 Å². The van der Waals surface area contributed by atoms with Crippen molar-refractivity contribution in [2.75, 3.05) is 27.9 Å². The molecule has 0 aliphatic heterocycles. The van der Waals surface area contributed by atoms with E-state index in [0.717, 1.165) is 5.39 Å². The third-order valence-electron chi connectivity index (χ3n) is 4.36. The summed E-state index contributed by atoms with van der Waals surface area (Å²) in [5.74, 6) is 0.846. The van der Waals surface area contributed by atoms with Gasteiger partial charge in [-0.2, -0.15) is 0 Å². The lowest BCUT2D eigenvalue weighted by molar-refractivity contribution is 0.0525. The molecule has 3 aromatic rings. The minimum absolute atomic E-state index is 0.0441. The Hall–Kier alpha value is -3.28. The van der Waals surface area contributed by atoms with Crippen molar-refractivity contribution in [3.05, 3.63) is 52.2 Å². The molecular weight excluding hydrogens is 348 g/mol. The average Bonchev–Trinajstić information content (AvgIpc) is 2.81. The van der Waals surface area contributed by atoms with Gasteiger partial charge in [0.2, 0.25) is 5.43 Å². The van der Waals surface area contributed by atoms with Crippen molar-refractivity contribution in [2.24, 2.45) is 0 Å². The highest BCUT2D eigenvalue weighted by Gasteiger charge is 2.17. The van der Waals surface area contributed by atoms with E-state index >= 15 is 0 Å². The van der Waals surface area contributed by atoms with Crippen LogP contribution in [0.15, 0.2) is 41.2 Å². The van der Waals surface area contributed by atoms with Crippen LogP contribution >= 0.6 is 0 Å². The molecule has 0 fully saturated rings. The molecule has 3 rings (SSSR count). The minimum atomic E-state index is -0.668. The van der Waals surface area contributed by atoms with E-state index in [1.807, 2.05) is 6.07 Å². The number of rotatable bonds is 5. The molecule has 6 nitrogen and oxygen atoms in total. The summed E-state index contributed by atoms with van der Waals surface area (Å²) in [5, 5.41) is 2.44. The second kappa shape index (κ2) is 7.53. The Bertz CT molecular complexity index is 1090. The SMILES string of the molecule is CCOC(=O)c1cc2cc(OC)ccc2c2cc(OC)c(OC)cc2c1=O. The van der Waals surface area contributed by atoms with Crippen molar-refractivity contribution in [1.82, 2.24) is 0 Å². The topological polar surface area (TPSA) is 71.1 Å². The molecule has 0 aliphatic carbocycles. The Kier molecular flexibility index (Phi) is 5.16. The number of benzene rings is 2. The number of methoxy groups -OCH3 is 3. The first-order valence-electron chi connectivity index (χ1n) is 8.42. The van der Waals surface area contributed by atoms with Crippen LogP contribution in [0.3, 0.4) is 0 Å². The first-order valence-corrected chi connectivity index (χ1v) is 8.42. The lowest BCUT2D eigenvalue weighted by Gasteiger charge is -2.09. The van der Waals surface area contributed by atoms with Crippen LogP contribution in [0.5, 0.6) is 17.2 Å². The Balaban J connectivity index is 2.54. The highest BCUT2D eigenvalue weighted by Crippen LogP contribution is 2.35. The summed E-state index contributed by atoms with van der Waals surface area (Å²) in [4.78, 5) is 25.6. The molecule has 0 saturated heterocycles. The summed E-state index contributed by atoms with van der Waals surface area (Å²) < 4.78 is 21.1. The van der Waals surface area contributed by atoms with Crippen LogP contribution in [0, 0.1) is 0 Å². The molecule has 140 valence electrons. The fourth-order valence-electron chi connectivity index (χ4n) is 3.05. The Morgan fingerprint density at radius 3 is 2.11 bits per heavy atom. The molecule has 0 spiro atoms. The molecule has 27 heavy (non-hydrogen) atoms. The van der Waals surface area contributed by atoms with Gasteiger partial charge in [0.1, 0.15) is 11.3 Å². The van der Waals surface area contributed by atoms with Crippen LogP contribution in [-0.4, -0.2) is 33.9 Å². The van der Waals surface area contributed by atoms with Crippen LogP contribution < -0.4 is 19.6 Å². The van der Waals surface area contributed by atoms with Crippen LogP contribution in [-0.2, 0) is 4.74 Å². The molecule has 0 saturated carbocycles. The number of hydrogen-bond acceptors (Lipinski definition) is 6.